The lowest BCUT2D eigenvalue weighted by atomic mass is 10.1. The third-order valence-corrected chi connectivity index (χ3v) is 3.66. The van der Waals surface area contributed by atoms with E-state index in [1.54, 1.807) is 0 Å². The lowest BCUT2D eigenvalue weighted by Gasteiger charge is -2.23. The van der Waals surface area contributed by atoms with Gasteiger partial charge in [-0.05, 0) is 38.1 Å². The maximum atomic E-state index is 5.71. The summed E-state index contributed by atoms with van der Waals surface area (Å²) in [6.45, 7) is 5.31. The van der Waals surface area contributed by atoms with Crippen LogP contribution in [0.15, 0.2) is 18.2 Å². The molecule has 0 saturated heterocycles. The van der Waals surface area contributed by atoms with E-state index in [9.17, 15) is 0 Å². The van der Waals surface area contributed by atoms with Crippen molar-refractivity contribution >= 4 is 0 Å². The monoisotopic (exact) mass is 264 g/mol. The Morgan fingerprint density at radius 1 is 1.26 bits per heavy atom. The molecule has 1 aliphatic heterocycles. The van der Waals surface area contributed by atoms with E-state index < -0.39 is 0 Å². The molecular formula is C15H24N2O2. The molecule has 1 unspecified atom stereocenters. The fraction of sp³-hybridized carbons (Fsp3) is 0.600. The summed E-state index contributed by atoms with van der Waals surface area (Å²) >= 11 is 0. The van der Waals surface area contributed by atoms with E-state index >= 15 is 0 Å². The molecule has 4 nitrogen and oxygen atoms in total. The first kappa shape index (κ1) is 14.2. The van der Waals surface area contributed by atoms with Gasteiger partial charge in [0.15, 0.2) is 11.5 Å². The molecule has 1 aliphatic rings. The van der Waals surface area contributed by atoms with Gasteiger partial charge in [-0.25, -0.2) is 0 Å². The van der Waals surface area contributed by atoms with Crippen LogP contribution >= 0.6 is 0 Å². The highest BCUT2D eigenvalue weighted by Gasteiger charge is 2.11. The van der Waals surface area contributed by atoms with Gasteiger partial charge >= 0.3 is 0 Å². The molecule has 0 bridgehead atoms. The summed E-state index contributed by atoms with van der Waals surface area (Å²) in [4.78, 5) is 2.28. The molecular weight excluding hydrogens is 240 g/mol. The van der Waals surface area contributed by atoms with Gasteiger partial charge in [-0.1, -0.05) is 6.07 Å². The Labute approximate surface area is 115 Å². The number of fused-ring (bicyclic) bond motifs is 1. The highest BCUT2D eigenvalue weighted by atomic mass is 16.5. The summed E-state index contributed by atoms with van der Waals surface area (Å²) in [5.74, 6) is 1.74. The predicted molar refractivity (Wildman–Crippen MR) is 76.9 cm³/mol. The lowest BCUT2D eigenvalue weighted by molar-refractivity contribution is 0.266. The predicted octanol–water partition coefficient (Wildman–Crippen LogP) is 1.67. The summed E-state index contributed by atoms with van der Waals surface area (Å²) in [6.07, 6.45) is 1.94. The molecule has 2 N–H and O–H groups in total. The minimum Gasteiger partial charge on any atom is -0.490 e. The number of nitrogens with two attached hydrogens (primary N) is 1. The molecule has 4 heteroatoms. The zero-order valence-electron chi connectivity index (χ0n) is 11.9. The second-order valence-corrected chi connectivity index (χ2v) is 5.15. The van der Waals surface area contributed by atoms with Gasteiger partial charge in [0.2, 0.25) is 0 Å². The summed E-state index contributed by atoms with van der Waals surface area (Å²) in [6, 6.07) is 6.65. The molecule has 0 amide bonds. The molecule has 1 aromatic carbocycles. The Bertz CT molecular complexity index is 409. The minimum absolute atomic E-state index is 0.417. The van der Waals surface area contributed by atoms with Crippen LogP contribution in [0.5, 0.6) is 11.5 Å². The van der Waals surface area contributed by atoms with E-state index in [0.717, 1.165) is 44.1 Å². The van der Waals surface area contributed by atoms with E-state index in [1.165, 1.54) is 5.56 Å². The number of nitrogens with zero attached hydrogens (tertiary/aromatic N) is 1. The highest BCUT2D eigenvalue weighted by Crippen LogP contribution is 2.30. The van der Waals surface area contributed by atoms with E-state index in [4.69, 9.17) is 15.2 Å². The summed E-state index contributed by atoms with van der Waals surface area (Å²) < 4.78 is 11.3. The largest absolute Gasteiger partial charge is 0.490 e. The molecule has 1 heterocycles. The smallest absolute Gasteiger partial charge is 0.161 e. The van der Waals surface area contributed by atoms with Crippen molar-refractivity contribution in [3.05, 3.63) is 23.8 Å². The van der Waals surface area contributed by atoms with Gasteiger partial charge in [-0.3, -0.25) is 0 Å². The van der Waals surface area contributed by atoms with Gasteiger partial charge in [0.05, 0.1) is 13.2 Å². The molecule has 0 saturated carbocycles. The summed E-state index contributed by atoms with van der Waals surface area (Å²) in [7, 11) is 2.11. The highest BCUT2D eigenvalue weighted by molar-refractivity contribution is 5.43. The van der Waals surface area contributed by atoms with E-state index in [-0.39, 0.29) is 0 Å². The van der Waals surface area contributed by atoms with Crippen molar-refractivity contribution in [3.8, 4) is 11.5 Å². The fourth-order valence-electron chi connectivity index (χ4n) is 2.07. The zero-order chi connectivity index (χ0) is 13.7. The average molecular weight is 264 g/mol. The Kier molecular flexibility index (Phi) is 5.05. The third kappa shape index (κ3) is 3.85. The first-order chi connectivity index (χ1) is 9.20. The lowest BCUT2D eigenvalue weighted by Crippen LogP contribution is -2.36. The molecule has 106 valence electrons. The second-order valence-electron chi connectivity index (χ2n) is 5.15. The van der Waals surface area contributed by atoms with Crippen molar-refractivity contribution in [1.82, 2.24) is 4.90 Å². The van der Waals surface area contributed by atoms with Crippen molar-refractivity contribution < 1.29 is 9.47 Å². The molecule has 0 fully saturated rings. The van der Waals surface area contributed by atoms with Gasteiger partial charge in [0.1, 0.15) is 0 Å². The summed E-state index contributed by atoms with van der Waals surface area (Å²) in [5.41, 5.74) is 6.95. The Morgan fingerprint density at radius 2 is 2.00 bits per heavy atom. The Morgan fingerprint density at radius 3 is 2.74 bits per heavy atom. The van der Waals surface area contributed by atoms with Crippen molar-refractivity contribution in [3.63, 3.8) is 0 Å². The molecule has 19 heavy (non-hydrogen) atoms. The zero-order valence-corrected chi connectivity index (χ0v) is 11.9. The van der Waals surface area contributed by atoms with E-state index in [2.05, 4.69) is 31.0 Å². The quantitative estimate of drug-likeness (QED) is 0.879. The molecule has 0 spiro atoms. The van der Waals surface area contributed by atoms with Gasteiger partial charge in [-0.15, -0.1) is 0 Å². The second kappa shape index (κ2) is 6.78. The van der Waals surface area contributed by atoms with E-state index in [0.29, 0.717) is 12.6 Å². The van der Waals surface area contributed by atoms with Gasteiger partial charge in [0.25, 0.3) is 0 Å². The van der Waals surface area contributed by atoms with Gasteiger partial charge < -0.3 is 20.1 Å². The average Bonchev–Trinajstić information content (AvgIpc) is 2.68. The van der Waals surface area contributed by atoms with Crippen LogP contribution in [0.25, 0.3) is 0 Å². The summed E-state index contributed by atoms with van der Waals surface area (Å²) in [5, 5.41) is 0. The van der Waals surface area contributed by atoms with Crippen LogP contribution in [0.1, 0.15) is 18.9 Å². The van der Waals surface area contributed by atoms with Crippen molar-refractivity contribution in [1.29, 1.82) is 0 Å². The molecule has 0 radical (unpaired) electrons. The third-order valence-electron chi connectivity index (χ3n) is 3.66. The number of rotatable bonds is 5. The van der Waals surface area contributed by atoms with Crippen molar-refractivity contribution in [2.45, 2.75) is 25.8 Å². The first-order valence-corrected chi connectivity index (χ1v) is 6.99. The number of hydrogen-bond acceptors (Lipinski definition) is 4. The fourth-order valence-corrected chi connectivity index (χ4v) is 2.07. The number of ether oxygens (including phenoxy) is 2. The normalized spacial score (nSPS) is 16.2. The van der Waals surface area contributed by atoms with Crippen LogP contribution in [0.2, 0.25) is 0 Å². The molecule has 1 aromatic rings. The maximum absolute atomic E-state index is 5.71. The maximum Gasteiger partial charge on any atom is 0.161 e. The first-order valence-electron chi connectivity index (χ1n) is 6.99. The van der Waals surface area contributed by atoms with E-state index in [1.807, 2.05) is 6.07 Å². The minimum atomic E-state index is 0.417. The SMILES string of the molecule is CC(CN)N(C)CCc1ccc2c(c1)OCCCO2. The van der Waals surface area contributed by atoms with Gasteiger partial charge in [0, 0.05) is 25.6 Å². The molecule has 0 aliphatic carbocycles. The van der Waals surface area contributed by atoms with Gasteiger partial charge in [-0.2, -0.15) is 0 Å². The van der Waals surface area contributed by atoms with Crippen molar-refractivity contribution in [2.24, 2.45) is 5.73 Å². The number of likely N-dealkylation sites (N-methyl/N-ethyl adjacent to an activating group) is 1. The van der Waals surface area contributed by atoms with Crippen LogP contribution < -0.4 is 15.2 Å². The number of benzene rings is 1. The molecule has 2 rings (SSSR count). The van der Waals surface area contributed by atoms with Crippen molar-refractivity contribution in [2.75, 3.05) is 33.4 Å². The van der Waals surface area contributed by atoms with Crippen LogP contribution in [-0.4, -0.2) is 44.3 Å². The number of hydrogen-bond donors (Lipinski definition) is 1. The van der Waals surface area contributed by atoms with Crippen LogP contribution in [0.4, 0.5) is 0 Å². The topological polar surface area (TPSA) is 47.7 Å². The Balaban J connectivity index is 1.96. The van der Waals surface area contributed by atoms with Crippen LogP contribution in [-0.2, 0) is 6.42 Å². The van der Waals surface area contributed by atoms with Crippen LogP contribution in [0, 0.1) is 0 Å². The Hall–Kier alpha value is -1.26. The molecule has 1 atom stereocenters. The standard InChI is InChI=1S/C15H24N2O2/c1-12(11-16)17(2)7-6-13-4-5-14-15(10-13)19-9-3-8-18-14/h4-5,10,12H,3,6-9,11,16H2,1-2H3. The van der Waals surface area contributed by atoms with Crippen LogP contribution in [0.3, 0.4) is 0 Å². The molecule has 0 aromatic heterocycles.